The summed E-state index contributed by atoms with van der Waals surface area (Å²) in [5.41, 5.74) is 3.00. The van der Waals surface area contributed by atoms with E-state index in [1.807, 2.05) is 30.3 Å². The van der Waals surface area contributed by atoms with Crippen LogP contribution in [0.25, 0.3) is 0 Å². The van der Waals surface area contributed by atoms with Crippen molar-refractivity contribution in [3.63, 3.8) is 0 Å². The molecule has 5 aliphatic heterocycles. The molecule has 3 N–H and O–H groups in total. The third-order valence-electron chi connectivity index (χ3n) is 11.0. The first-order chi connectivity index (χ1) is 20.7. The zero-order chi connectivity index (χ0) is 29.7. The SMILES string of the molecule is CN1C[C@H](C(=O)N[C@]2(C)O[C@@]3(O)[C@@H]4CCCN4C(=O)[C@H](Cc4ccccc4)N3C2=O)CC2c3cccc4c3C(CN4)CC21. The van der Waals surface area contributed by atoms with Crippen molar-refractivity contribution in [1.29, 1.82) is 0 Å². The minimum Gasteiger partial charge on any atom is -0.384 e. The quantitative estimate of drug-likeness (QED) is 0.503. The second-order valence-corrected chi connectivity index (χ2v) is 13.5. The second-order valence-electron chi connectivity index (χ2n) is 13.5. The lowest BCUT2D eigenvalue weighted by molar-refractivity contribution is -0.315. The number of hydrogen-bond donors (Lipinski definition) is 3. The number of nitrogens with one attached hydrogen (secondary N) is 2. The summed E-state index contributed by atoms with van der Waals surface area (Å²) in [5, 5.41) is 18.5. The summed E-state index contributed by atoms with van der Waals surface area (Å²) in [7, 11) is 2.09. The number of rotatable bonds is 4. The number of carbonyl (C=O) groups is 3. The first-order valence-corrected chi connectivity index (χ1v) is 15.7. The van der Waals surface area contributed by atoms with Gasteiger partial charge in [-0.05, 0) is 62.4 Å². The Bertz CT molecular complexity index is 1500. The van der Waals surface area contributed by atoms with Crippen LogP contribution in [0.2, 0.25) is 0 Å². The maximum Gasteiger partial charge on any atom is 0.280 e. The average molecular weight is 586 g/mol. The molecule has 10 heteroatoms. The molecule has 43 heavy (non-hydrogen) atoms. The molecule has 0 saturated carbocycles. The van der Waals surface area contributed by atoms with E-state index in [0.717, 1.165) is 18.5 Å². The van der Waals surface area contributed by atoms with Crippen LogP contribution in [0.4, 0.5) is 5.69 Å². The first kappa shape index (κ1) is 27.1. The van der Waals surface area contributed by atoms with Gasteiger partial charge in [-0.2, -0.15) is 0 Å². The Hall–Kier alpha value is -3.47. The normalized spacial score (nSPS) is 37.8. The van der Waals surface area contributed by atoms with E-state index in [9.17, 15) is 19.5 Å². The number of aliphatic hydroxyl groups is 1. The lowest BCUT2D eigenvalue weighted by Gasteiger charge is -2.48. The number of likely N-dealkylation sites (N-methyl/N-ethyl adjacent to an activating group) is 1. The molecule has 10 nitrogen and oxygen atoms in total. The number of piperidine rings is 1. The zero-order valence-electron chi connectivity index (χ0n) is 24.7. The molecule has 4 saturated heterocycles. The van der Waals surface area contributed by atoms with E-state index in [0.29, 0.717) is 44.3 Å². The average Bonchev–Trinajstić information content (AvgIpc) is 3.70. The molecule has 8 rings (SSSR count). The van der Waals surface area contributed by atoms with Crippen molar-refractivity contribution in [2.24, 2.45) is 5.92 Å². The summed E-state index contributed by atoms with van der Waals surface area (Å²) in [5.74, 6) is -2.73. The van der Waals surface area contributed by atoms with E-state index in [-0.39, 0.29) is 30.1 Å². The highest BCUT2D eigenvalue weighted by Gasteiger charge is 2.70. The molecule has 4 fully saturated rings. The summed E-state index contributed by atoms with van der Waals surface area (Å²) < 4.78 is 6.26. The second kappa shape index (κ2) is 9.51. The van der Waals surface area contributed by atoms with Gasteiger partial charge in [-0.3, -0.25) is 24.0 Å². The van der Waals surface area contributed by atoms with Gasteiger partial charge in [0.25, 0.3) is 11.8 Å². The van der Waals surface area contributed by atoms with Gasteiger partial charge in [0.05, 0.1) is 5.92 Å². The van der Waals surface area contributed by atoms with Gasteiger partial charge in [0.1, 0.15) is 12.1 Å². The van der Waals surface area contributed by atoms with Crippen LogP contribution in [0, 0.1) is 5.92 Å². The van der Waals surface area contributed by atoms with Crippen molar-refractivity contribution in [2.45, 2.75) is 80.6 Å². The van der Waals surface area contributed by atoms with Crippen LogP contribution in [-0.2, 0) is 25.5 Å². The third kappa shape index (κ3) is 3.92. The number of amides is 3. The highest BCUT2D eigenvalue weighted by Crippen LogP contribution is 2.51. The Balaban J connectivity index is 1.07. The minimum absolute atomic E-state index is 0.191. The molecule has 3 unspecified atom stereocenters. The monoisotopic (exact) mass is 585 g/mol. The summed E-state index contributed by atoms with van der Waals surface area (Å²) >= 11 is 0. The van der Waals surface area contributed by atoms with E-state index in [4.69, 9.17) is 4.74 Å². The molecule has 0 aromatic heterocycles. The number of hydrogen-bond acceptors (Lipinski definition) is 7. The third-order valence-corrected chi connectivity index (χ3v) is 11.0. The number of nitrogens with zero attached hydrogens (tertiary/aromatic N) is 3. The van der Waals surface area contributed by atoms with Gasteiger partial charge in [0.2, 0.25) is 17.5 Å². The Morgan fingerprint density at radius 3 is 2.77 bits per heavy atom. The van der Waals surface area contributed by atoms with Crippen LogP contribution in [0.3, 0.4) is 0 Å². The van der Waals surface area contributed by atoms with Gasteiger partial charge in [-0.1, -0.05) is 42.5 Å². The Labute approximate surface area is 251 Å². The fraction of sp³-hybridized carbons (Fsp3) is 0.545. The van der Waals surface area contributed by atoms with Crippen molar-refractivity contribution in [3.05, 3.63) is 65.2 Å². The zero-order valence-corrected chi connectivity index (χ0v) is 24.7. The van der Waals surface area contributed by atoms with Gasteiger partial charge in [0.15, 0.2) is 0 Å². The highest BCUT2D eigenvalue weighted by molar-refractivity contribution is 5.97. The van der Waals surface area contributed by atoms with Crippen LogP contribution in [-0.4, -0.2) is 94.0 Å². The molecule has 0 bridgehead atoms. The number of likely N-dealkylation sites (tertiary alicyclic amines) is 1. The van der Waals surface area contributed by atoms with Gasteiger partial charge in [-0.25, -0.2) is 0 Å². The minimum atomic E-state index is -2.02. The lowest BCUT2D eigenvalue weighted by atomic mass is 9.68. The molecule has 2 aromatic rings. The van der Waals surface area contributed by atoms with E-state index in [1.165, 1.54) is 28.6 Å². The van der Waals surface area contributed by atoms with Crippen molar-refractivity contribution in [2.75, 3.05) is 32.0 Å². The van der Waals surface area contributed by atoms with Crippen molar-refractivity contribution in [3.8, 4) is 0 Å². The molecule has 0 spiro atoms. The van der Waals surface area contributed by atoms with Gasteiger partial charge < -0.3 is 25.5 Å². The number of fused-ring (bicyclic) bond motifs is 5. The molecular formula is C33H39N5O5. The number of piperazine rings is 1. The summed E-state index contributed by atoms with van der Waals surface area (Å²) in [6.45, 7) is 3.55. The Morgan fingerprint density at radius 2 is 1.95 bits per heavy atom. The predicted octanol–water partition coefficient (Wildman–Crippen LogP) is 1.96. The van der Waals surface area contributed by atoms with Crippen LogP contribution in [0.1, 0.15) is 61.1 Å². The van der Waals surface area contributed by atoms with E-state index < -0.39 is 29.6 Å². The standard InChI is InChI=1S/C33H39N5O5/c1-32(35-29(39)21-15-23-22-10-6-11-24-28(22)20(17-34-24)16-25(23)36(2)18-21)31(41)38-26(14-19-8-4-3-5-9-19)30(40)37-13-7-12-27(37)33(38,42)43-32/h3-6,8-11,20-21,23,25-27,34,42H,7,12-18H2,1-2H3,(H,35,39)/t20?,21-,23?,25?,26+,27+,32-,33+/m1/s1. The maximum absolute atomic E-state index is 14.2. The highest BCUT2D eigenvalue weighted by atomic mass is 16.7. The number of benzene rings is 2. The van der Waals surface area contributed by atoms with Gasteiger partial charge >= 0.3 is 0 Å². The molecule has 6 aliphatic rings. The Morgan fingerprint density at radius 1 is 1.14 bits per heavy atom. The molecule has 8 atom stereocenters. The van der Waals surface area contributed by atoms with Crippen molar-refractivity contribution < 1.29 is 24.2 Å². The summed E-state index contributed by atoms with van der Waals surface area (Å²) in [6.07, 6.45) is 3.21. The van der Waals surface area contributed by atoms with E-state index in [2.05, 4.69) is 40.8 Å². The molecule has 1 aliphatic carbocycles. The molecule has 2 aromatic carbocycles. The van der Waals surface area contributed by atoms with Crippen molar-refractivity contribution >= 4 is 23.4 Å². The molecule has 3 amide bonds. The van der Waals surface area contributed by atoms with Crippen LogP contribution in [0.15, 0.2) is 48.5 Å². The van der Waals surface area contributed by atoms with Gasteiger partial charge in [-0.15, -0.1) is 0 Å². The molecule has 5 heterocycles. The number of anilines is 1. The number of ether oxygens (including phenoxy) is 1. The van der Waals surface area contributed by atoms with E-state index in [1.54, 1.807) is 4.90 Å². The fourth-order valence-corrected chi connectivity index (χ4v) is 9.06. The predicted molar refractivity (Wildman–Crippen MR) is 158 cm³/mol. The van der Waals surface area contributed by atoms with Crippen molar-refractivity contribution in [1.82, 2.24) is 20.0 Å². The van der Waals surface area contributed by atoms with Gasteiger partial charge in [0, 0.05) is 49.6 Å². The van der Waals surface area contributed by atoms with Crippen LogP contribution in [0.5, 0.6) is 0 Å². The van der Waals surface area contributed by atoms with Crippen LogP contribution < -0.4 is 10.6 Å². The number of carbonyl (C=O) groups excluding carboxylic acids is 3. The molecular weight excluding hydrogens is 546 g/mol. The first-order valence-electron chi connectivity index (χ1n) is 15.7. The Kier molecular flexibility index (Phi) is 6.00. The fourth-order valence-electron chi connectivity index (χ4n) is 9.06. The molecule has 226 valence electrons. The maximum atomic E-state index is 14.2. The summed E-state index contributed by atoms with van der Waals surface area (Å²) in [6, 6.07) is 14.7. The largest absolute Gasteiger partial charge is 0.384 e. The lowest BCUT2D eigenvalue weighted by Crippen LogP contribution is -2.71. The smallest absolute Gasteiger partial charge is 0.280 e. The van der Waals surface area contributed by atoms with E-state index >= 15 is 0 Å². The van der Waals surface area contributed by atoms with Crippen LogP contribution >= 0.6 is 0 Å². The summed E-state index contributed by atoms with van der Waals surface area (Å²) in [4.78, 5) is 47.1. The topological polar surface area (TPSA) is 114 Å². The molecule has 0 radical (unpaired) electrons.